The molecular formula is C12H17N3O4. The molecule has 0 bridgehead atoms. The molecule has 1 aromatic rings. The molecule has 0 heterocycles. The summed E-state index contributed by atoms with van der Waals surface area (Å²) >= 11 is 0. The fourth-order valence-corrected chi connectivity index (χ4v) is 2.21. The Morgan fingerprint density at radius 3 is 2.32 bits per heavy atom. The van der Waals surface area contributed by atoms with Crippen LogP contribution in [0.1, 0.15) is 31.7 Å². The molecule has 0 aliphatic heterocycles. The van der Waals surface area contributed by atoms with E-state index >= 15 is 0 Å². The molecule has 0 aliphatic carbocycles. The van der Waals surface area contributed by atoms with Gasteiger partial charge in [-0.3, -0.25) is 20.2 Å². The van der Waals surface area contributed by atoms with Crippen LogP contribution in [0.4, 0.5) is 11.4 Å². The molecular weight excluding hydrogens is 250 g/mol. The first-order chi connectivity index (χ1) is 8.92. The van der Waals surface area contributed by atoms with Crippen LogP contribution in [0.5, 0.6) is 0 Å². The zero-order valence-corrected chi connectivity index (χ0v) is 11.1. The van der Waals surface area contributed by atoms with Gasteiger partial charge < -0.3 is 5.32 Å². The number of hydrogen-bond donors (Lipinski definition) is 1. The van der Waals surface area contributed by atoms with Crippen LogP contribution in [-0.2, 0) is 0 Å². The van der Waals surface area contributed by atoms with E-state index in [1.807, 2.05) is 13.8 Å². The van der Waals surface area contributed by atoms with Crippen LogP contribution in [0, 0.1) is 20.2 Å². The normalized spacial score (nSPS) is 13.8. The van der Waals surface area contributed by atoms with Crippen molar-refractivity contribution >= 4 is 11.4 Å². The molecule has 0 aromatic heterocycles. The minimum atomic E-state index is -0.628. The maximum Gasteiger partial charge on any atom is 0.279 e. The van der Waals surface area contributed by atoms with Crippen molar-refractivity contribution in [1.82, 2.24) is 5.32 Å². The highest BCUT2D eigenvalue weighted by atomic mass is 16.6. The fraction of sp³-hybridized carbons (Fsp3) is 0.500. The second kappa shape index (κ2) is 6.24. The number of likely N-dealkylation sites (N-methyl/N-ethyl adjacent to an activating group) is 1. The van der Waals surface area contributed by atoms with E-state index in [2.05, 4.69) is 5.32 Å². The average Bonchev–Trinajstić information content (AvgIpc) is 2.39. The third kappa shape index (κ3) is 3.25. The van der Waals surface area contributed by atoms with Crippen molar-refractivity contribution in [3.8, 4) is 0 Å². The number of hydrogen-bond acceptors (Lipinski definition) is 5. The van der Waals surface area contributed by atoms with Gasteiger partial charge in [0.15, 0.2) is 0 Å². The lowest BCUT2D eigenvalue weighted by Gasteiger charge is -2.22. The number of benzene rings is 1. The number of nitrogens with zero attached hydrogens (tertiary/aromatic N) is 2. The maximum absolute atomic E-state index is 11.1. The summed E-state index contributed by atoms with van der Waals surface area (Å²) in [5, 5.41) is 24.8. The first-order valence-corrected chi connectivity index (χ1v) is 6.02. The number of non-ortho nitro benzene ring substituents is 1. The molecule has 0 fully saturated rings. The SMILES string of the molecule is CCC(NC)C(C)c1ccc([N+](=O)[O-])cc1[N+](=O)[O-]. The molecule has 1 rings (SSSR count). The van der Waals surface area contributed by atoms with Gasteiger partial charge in [-0.2, -0.15) is 0 Å². The monoisotopic (exact) mass is 267 g/mol. The van der Waals surface area contributed by atoms with Crippen molar-refractivity contribution in [2.45, 2.75) is 32.2 Å². The molecule has 7 nitrogen and oxygen atoms in total. The van der Waals surface area contributed by atoms with E-state index < -0.39 is 9.85 Å². The van der Waals surface area contributed by atoms with Crippen LogP contribution in [0.2, 0.25) is 0 Å². The van der Waals surface area contributed by atoms with Crippen LogP contribution < -0.4 is 5.32 Å². The van der Waals surface area contributed by atoms with E-state index in [1.54, 1.807) is 7.05 Å². The standard InChI is InChI=1S/C12H17N3O4/c1-4-11(13-3)8(2)10-6-5-9(14(16)17)7-12(10)15(18)19/h5-8,11,13H,4H2,1-3H3. The van der Waals surface area contributed by atoms with Crippen LogP contribution >= 0.6 is 0 Å². The van der Waals surface area contributed by atoms with Crippen molar-refractivity contribution in [2.75, 3.05) is 7.05 Å². The summed E-state index contributed by atoms with van der Waals surface area (Å²) in [4.78, 5) is 20.5. The van der Waals surface area contributed by atoms with E-state index in [0.29, 0.717) is 5.56 Å². The second-order valence-corrected chi connectivity index (χ2v) is 4.35. The lowest BCUT2D eigenvalue weighted by molar-refractivity contribution is -0.394. The van der Waals surface area contributed by atoms with Crippen molar-refractivity contribution in [3.05, 3.63) is 44.0 Å². The molecule has 7 heteroatoms. The molecule has 0 radical (unpaired) electrons. The Morgan fingerprint density at radius 2 is 1.89 bits per heavy atom. The summed E-state index contributed by atoms with van der Waals surface area (Å²) in [6.07, 6.45) is 0.811. The molecule has 0 saturated heterocycles. The molecule has 0 saturated carbocycles. The topological polar surface area (TPSA) is 98.3 Å². The lowest BCUT2D eigenvalue weighted by atomic mass is 9.90. The van der Waals surface area contributed by atoms with Gasteiger partial charge in [-0.1, -0.05) is 13.8 Å². The average molecular weight is 267 g/mol. The van der Waals surface area contributed by atoms with Gasteiger partial charge >= 0.3 is 0 Å². The van der Waals surface area contributed by atoms with Gasteiger partial charge in [0.1, 0.15) is 0 Å². The lowest BCUT2D eigenvalue weighted by Crippen LogP contribution is -2.30. The molecule has 0 amide bonds. The highest BCUT2D eigenvalue weighted by Crippen LogP contribution is 2.32. The number of nitrogens with one attached hydrogen (secondary N) is 1. The molecule has 1 N–H and O–H groups in total. The van der Waals surface area contributed by atoms with Crippen LogP contribution in [0.25, 0.3) is 0 Å². The van der Waals surface area contributed by atoms with Crippen LogP contribution in [-0.4, -0.2) is 22.9 Å². The van der Waals surface area contributed by atoms with Gasteiger partial charge in [0.2, 0.25) is 0 Å². The molecule has 2 unspecified atom stereocenters. The Hall–Kier alpha value is -2.02. The molecule has 0 aliphatic rings. The summed E-state index contributed by atoms with van der Waals surface area (Å²) in [7, 11) is 1.79. The smallest absolute Gasteiger partial charge is 0.279 e. The summed E-state index contributed by atoms with van der Waals surface area (Å²) in [6.45, 7) is 3.85. The third-order valence-electron chi connectivity index (χ3n) is 3.33. The number of rotatable bonds is 6. The molecule has 104 valence electrons. The van der Waals surface area contributed by atoms with Crippen molar-refractivity contribution in [2.24, 2.45) is 0 Å². The Morgan fingerprint density at radius 1 is 1.26 bits per heavy atom. The summed E-state index contributed by atoms with van der Waals surface area (Å²) < 4.78 is 0. The van der Waals surface area contributed by atoms with Crippen LogP contribution in [0.3, 0.4) is 0 Å². The Balaban J connectivity index is 3.27. The van der Waals surface area contributed by atoms with Gasteiger partial charge in [0.05, 0.1) is 15.9 Å². The summed E-state index contributed by atoms with van der Waals surface area (Å²) in [6, 6.07) is 3.89. The van der Waals surface area contributed by atoms with Gasteiger partial charge in [0.25, 0.3) is 11.4 Å². The minimum Gasteiger partial charge on any atom is -0.316 e. The van der Waals surface area contributed by atoms with E-state index in [4.69, 9.17) is 0 Å². The summed E-state index contributed by atoms with van der Waals surface area (Å²) in [5.74, 6) is -0.101. The van der Waals surface area contributed by atoms with Crippen molar-refractivity contribution in [3.63, 3.8) is 0 Å². The highest BCUT2D eigenvalue weighted by molar-refractivity contribution is 5.50. The molecule has 2 atom stereocenters. The van der Waals surface area contributed by atoms with E-state index in [1.165, 1.54) is 12.1 Å². The zero-order chi connectivity index (χ0) is 14.6. The maximum atomic E-state index is 11.1. The first kappa shape index (κ1) is 15.0. The van der Waals surface area contributed by atoms with E-state index in [0.717, 1.165) is 12.5 Å². The molecule has 0 spiro atoms. The fourth-order valence-electron chi connectivity index (χ4n) is 2.21. The van der Waals surface area contributed by atoms with Crippen LogP contribution in [0.15, 0.2) is 18.2 Å². The minimum absolute atomic E-state index is 0.0835. The third-order valence-corrected chi connectivity index (χ3v) is 3.33. The Labute approximate surface area is 110 Å². The van der Waals surface area contributed by atoms with Gasteiger partial charge in [0, 0.05) is 23.6 Å². The summed E-state index contributed by atoms with van der Waals surface area (Å²) in [5.41, 5.74) is 0.0485. The predicted octanol–water partition coefficient (Wildman–Crippen LogP) is 2.60. The van der Waals surface area contributed by atoms with Gasteiger partial charge in [-0.25, -0.2) is 0 Å². The van der Waals surface area contributed by atoms with Crippen molar-refractivity contribution < 1.29 is 9.85 Å². The highest BCUT2D eigenvalue weighted by Gasteiger charge is 2.26. The van der Waals surface area contributed by atoms with E-state index in [9.17, 15) is 20.2 Å². The predicted molar refractivity (Wildman–Crippen MR) is 71.3 cm³/mol. The number of nitro benzene ring substituents is 2. The zero-order valence-electron chi connectivity index (χ0n) is 11.1. The number of nitro groups is 2. The van der Waals surface area contributed by atoms with Crippen molar-refractivity contribution in [1.29, 1.82) is 0 Å². The molecule has 1 aromatic carbocycles. The largest absolute Gasteiger partial charge is 0.316 e. The first-order valence-electron chi connectivity index (χ1n) is 6.02. The van der Waals surface area contributed by atoms with Gasteiger partial charge in [-0.05, 0) is 19.5 Å². The Kier molecular flexibility index (Phi) is 4.94. The van der Waals surface area contributed by atoms with E-state index in [-0.39, 0.29) is 23.3 Å². The van der Waals surface area contributed by atoms with Gasteiger partial charge in [-0.15, -0.1) is 0 Å². The Bertz CT molecular complexity index is 486. The second-order valence-electron chi connectivity index (χ2n) is 4.35. The molecule has 19 heavy (non-hydrogen) atoms. The quantitative estimate of drug-likeness (QED) is 0.631.